The predicted molar refractivity (Wildman–Crippen MR) is 240 cm³/mol. The highest BCUT2D eigenvalue weighted by molar-refractivity contribution is 7.99. The Labute approximate surface area is 369 Å². The van der Waals surface area contributed by atoms with Crippen molar-refractivity contribution in [1.82, 2.24) is 0 Å². The lowest BCUT2D eigenvalue weighted by atomic mass is 9.14. The summed E-state index contributed by atoms with van der Waals surface area (Å²) < 4.78 is 123. The Hall–Kier alpha value is -5.33. The monoisotopic (exact) mass is 902 g/mol. The van der Waals surface area contributed by atoms with Gasteiger partial charge in [0, 0.05) is 9.79 Å². The highest BCUT2D eigenvalue weighted by Crippen LogP contribution is 2.35. The lowest BCUT2D eigenvalue weighted by Gasteiger charge is -2.44. The van der Waals surface area contributed by atoms with E-state index < -0.39 is 41.4 Å². The largest absolute Gasteiger partial charge is 0.416 e. The third-order valence-electron chi connectivity index (χ3n) is 10.8. The normalized spacial score (nSPS) is 12.2. The maximum atomic E-state index is 13.7. The first-order valence-electron chi connectivity index (χ1n) is 20.5. The second-order valence-electron chi connectivity index (χ2n) is 15.1. The van der Waals surface area contributed by atoms with Crippen LogP contribution in [0.3, 0.4) is 0 Å². The summed E-state index contributed by atoms with van der Waals surface area (Å²) >= 11 is 1.80. The molecule has 12 heteroatoms. The van der Waals surface area contributed by atoms with Crippen molar-refractivity contribution in [3.05, 3.63) is 205 Å². The molecule has 0 radical (unpaired) electrons. The van der Waals surface area contributed by atoms with Gasteiger partial charge in [-0.15, -0.1) is 0 Å². The first-order chi connectivity index (χ1) is 30.1. The Bertz CT molecular complexity index is 2310. The molecule has 7 aromatic rings. The Morgan fingerprint density at radius 1 is 0.397 bits per heavy atom. The molecule has 0 nitrogen and oxygen atoms in total. The second-order valence-corrected chi connectivity index (χ2v) is 18.3. The van der Waals surface area contributed by atoms with Crippen molar-refractivity contribution in [3.8, 4) is 0 Å². The van der Waals surface area contributed by atoms with Crippen molar-refractivity contribution in [2.24, 2.45) is 0 Å². The minimum absolute atomic E-state index is 0.0324. The van der Waals surface area contributed by atoms with Crippen LogP contribution in [-0.4, -0.2) is 6.15 Å². The van der Waals surface area contributed by atoms with E-state index in [9.17, 15) is 39.5 Å². The van der Waals surface area contributed by atoms with Crippen LogP contribution in [0.2, 0.25) is 6.32 Å². The molecule has 7 rings (SSSR count). The molecule has 0 saturated heterocycles. The highest BCUT2D eigenvalue weighted by Gasteiger charge is 2.38. The summed E-state index contributed by atoms with van der Waals surface area (Å²) in [6.07, 6.45) is -14.2. The smallest absolute Gasteiger partial charge is 0.199 e. The predicted octanol–water partition coefficient (Wildman–Crippen LogP) is 14.7. The fourth-order valence-corrected chi connectivity index (χ4v) is 10.7. The van der Waals surface area contributed by atoms with Gasteiger partial charge in [-0.1, -0.05) is 172 Å². The maximum Gasteiger partial charge on any atom is 0.416 e. The lowest BCUT2D eigenvalue weighted by Crippen LogP contribution is -2.67. The molecule has 0 aliphatic carbocycles. The first-order valence-corrected chi connectivity index (χ1v) is 22.5. The van der Waals surface area contributed by atoms with Crippen LogP contribution in [0, 0.1) is 0 Å². The molecule has 0 bridgehead atoms. The van der Waals surface area contributed by atoms with Gasteiger partial charge >= 0.3 is 18.5 Å². The van der Waals surface area contributed by atoms with E-state index in [0.29, 0.717) is 12.8 Å². The topological polar surface area (TPSA) is 0 Å². The molecule has 0 aliphatic heterocycles. The Morgan fingerprint density at radius 2 is 0.762 bits per heavy atom. The van der Waals surface area contributed by atoms with E-state index in [1.54, 1.807) is 11.8 Å². The van der Waals surface area contributed by atoms with Crippen LogP contribution in [0.1, 0.15) is 49.3 Å². The average Bonchev–Trinajstić information content (AvgIpc) is 3.28. The van der Waals surface area contributed by atoms with Gasteiger partial charge in [-0.3, -0.25) is 0 Å². The molecule has 0 fully saturated rings. The first kappa shape index (κ1) is 47.2. The fourth-order valence-electron chi connectivity index (χ4n) is 7.81. The summed E-state index contributed by atoms with van der Waals surface area (Å²) in [5.41, 5.74) is -2.98. The van der Waals surface area contributed by atoms with Gasteiger partial charge in [-0.25, -0.2) is 0 Å². The molecule has 0 amide bonds. The van der Waals surface area contributed by atoms with Crippen LogP contribution in [0.4, 0.5) is 39.5 Å². The number of alkyl halides is 9. The summed E-state index contributed by atoms with van der Waals surface area (Å²) in [6, 6.07) is 53.6. The van der Waals surface area contributed by atoms with Crippen LogP contribution in [0.5, 0.6) is 0 Å². The molecule has 0 aliphatic rings. The van der Waals surface area contributed by atoms with Gasteiger partial charge in [0.15, 0.2) is 14.7 Å². The lowest BCUT2D eigenvalue weighted by molar-refractivity contribution is -0.138. The number of hydrogen-bond acceptors (Lipinski definition) is 1. The van der Waals surface area contributed by atoms with E-state index in [2.05, 4.69) is 115 Å². The van der Waals surface area contributed by atoms with Gasteiger partial charge in [-0.2, -0.15) is 62.2 Å². The Kier molecular flexibility index (Phi) is 15.6. The van der Waals surface area contributed by atoms with Gasteiger partial charge in [0.05, 0.1) is 33.7 Å². The fraction of sp³-hybridized carbons (Fsp3) is 0.176. The SMILES string of the molecule is CCCCCC[B-](c1cccc(C(F)(F)F)c1)(c1cccc(C(F)(F)F)c1)c1cccc(C(F)(F)F)c1.c1ccc(Sc2ccc([S+](c3ccccc3)c3ccccc3)cc2)cc1. The number of unbranched alkanes of at least 4 members (excludes halogenated alkanes) is 3. The molecule has 0 saturated carbocycles. The van der Waals surface area contributed by atoms with Crippen molar-refractivity contribution in [2.75, 3.05) is 0 Å². The summed E-state index contributed by atoms with van der Waals surface area (Å²) in [6.45, 7) is 1.94. The van der Waals surface area contributed by atoms with E-state index in [1.807, 2.05) is 6.92 Å². The van der Waals surface area contributed by atoms with Crippen LogP contribution in [0.15, 0.2) is 213 Å². The van der Waals surface area contributed by atoms with Gasteiger partial charge in [-0.05, 0) is 60.7 Å². The molecular formula is C51H44BF9S2. The summed E-state index contributed by atoms with van der Waals surface area (Å²) in [5.74, 6) is 0. The number of hydrogen-bond donors (Lipinski definition) is 0. The zero-order valence-electron chi connectivity index (χ0n) is 34.2. The molecule has 0 atom stereocenters. The van der Waals surface area contributed by atoms with Crippen LogP contribution < -0.4 is 16.4 Å². The minimum Gasteiger partial charge on any atom is -0.199 e. The van der Waals surface area contributed by atoms with Crippen molar-refractivity contribution in [3.63, 3.8) is 0 Å². The third kappa shape index (κ3) is 12.2. The Balaban J connectivity index is 0.000000222. The third-order valence-corrected chi connectivity index (χ3v) is 14.1. The summed E-state index contributed by atoms with van der Waals surface area (Å²) in [5, 5.41) is 0. The van der Waals surface area contributed by atoms with Crippen LogP contribution >= 0.6 is 11.8 Å². The van der Waals surface area contributed by atoms with Gasteiger partial charge < -0.3 is 0 Å². The highest BCUT2D eigenvalue weighted by atomic mass is 32.2. The van der Waals surface area contributed by atoms with Crippen molar-refractivity contribution in [1.29, 1.82) is 0 Å². The zero-order chi connectivity index (χ0) is 45.1. The quantitative estimate of drug-likeness (QED) is 0.0481. The number of halogens is 9. The van der Waals surface area contributed by atoms with E-state index in [-0.39, 0.29) is 33.6 Å². The molecule has 7 aromatic carbocycles. The van der Waals surface area contributed by atoms with Gasteiger partial charge in [0.25, 0.3) is 0 Å². The molecule has 0 heterocycles. The minimum atomic E-state index is -4.75. The maximum absolute atomic E-state index is 13.7. The van der Waals surface area contributed by atoms with Crippen LogP contribution in [-0.2, 0) is 29.4 Å². The molecule has 0 unspecified atom stereocenters. The van der Waals surface area contributed by atoms with Crippen molar-refractivity contribution >= 4 is 45.2 Å². The van der Waals surface area contributed by atoms with Crippen molar-refractivity contribution < 1.29 is 39.5 Å². The zero-order valence-corrected chi connectivity index (χ0v) is 35.9. The van der Waals surface area contributed by atoms with E-state index in [4.69, 9.17) is 0 Å². The molecule has 0 spiro atoms. The van der Waals surface area contributed by atoms with Gasteiger partial charge in [0.2, 0.25) is 0 Å². The standard InChI is InChI=1S/C27H25BF9.C24H19S2/c1-2-3-4-5-15-28(22-12-6-9-19(16-22)25(29,30)31,23-13-7-10-20(17-23)26(32,33)34)24-14-8-11-21(18-24)27(35,36)37;1-4-10-20(11-5-1)25-21-16-18-24(19-17-21)26(22-12-6-2-7-13-22)23-14-8-3-9-15-23/h6-14,16-18H,2-5,15H2,1H3;1-19H/q-1;+1. The van der Waals surface area contributed by atoms with Gasteiger partial charge in [0.1, 0.15) is 0 Å². The average molecular weight is 903 g/mol. The molecular weight excluding hydrogens is 858 g/mol. The van der Waals surface area contributed by atoms with Crippen LogP contribution in [0.25, 0.3) is 0 Å². The second kappa shape index (κ2) is 20.9. The Morgan fingerprint density at radius 3 is 1.14 bits per heavy atom. The number of benzene rings is 7. The molecule has 0 N–H and O–H groups in total. The van der Waals surface area contributed by atoms with Crippen molar-refractivity contribution in [2.45, 2.75) is 81.9 Å². The molecule has 326 valence electrons. The summed E-state index contributed by atoms with van der Waals surface area (Å²) in [7, 11) is -0.0786. The summed E-state index contributed by atoms with van der Waals surface area (Å²) in [4.78, 5) is 6.58. The molecule has 0 aromatic heterocycles. The van der Waals surface area contributed by atoms with E-state index in [1.165, 1.54) is 42.7 Å². The molecule has 63 heavy (non-hydrogen) atoms. The van der Waals surface area contributed by atoms with E-state index in [0.717, 1.165) is 67.4 Å². The van der Waals surface area contributed by atoms with E-state index >= 15 is 0 Å². The number of rotatable bonds is 13.